The van der Waals surface area contributed by atoms with Crippen LogP contribution in [0.1, 0.15) is 9.80 Å². The lowest BCUT2D eigenvalue weighted by Gasteiger charge is -2.02. The predicted molar refractivity (Wildman–Crippen MR) is 79.9 cm³/mol. The Morgan fingerprint density at radius 1 is 0.900 bits per heavy atom. The summed E-state index contributed by atoms with van der Waals surface area (Å²) in [6.45, 7) is 0. The van der Waals surface area contributed by atoms with E-state index >= 15 is 0 Å². The Hall–Kier alpha value is -2.46. The number of aromatic carboxylic acids is 1. The second kappa shape index (κ2) is 5.27. The number of nitrogens with zero attached hydrogens (tertiary/aromatic N) is 1. The molecule has 1 aromatic heterocycles. The summed E-state index contributed by atoms with van der Waals surface area (Å²) in [6, 6.07) is 18.1. The molecule has 0 bridgehead atoms. The molecule has 0 saturated carbocycles. The number of benzene rings is 2. The van der Waals surface area contributed by atoms with E-state index in [0.717, 1.165) is 28.0 Å². The minimum atomic E-state index is -0.984. The molecule has 1 heterocycles. The molecule has 0 aliphatic heterocycles. The number of carboxylic acids is 1. The first kappa shape index (κ1) is 12.6. The topological polar surface area (TPSA) is 50.2 Å². The van der Waals surface area contributed by atoms with Crippen molar-refractivity contribution < 1.29 is 9.90 Å². The van der Waals surface area contributed by atoms with Crippen molar-refractivity contribution in [2.75, 3.05) is 0 Å². The zero-order valence-corrected chi connectivity index (χ0v) is 11.3. The maximum Gasteiger partial charge on any atom is 0.365 e. The van der Waals surface area contributed by atoms with Crippen molar-refractivity contribution in [2.24, 2.45) is 0 Å². The Bertz CT molecular complexity index is 733. The van der Waals surface area contributed by atoms with Crippen molar-refractivity contribution in [1.82, 2.24) is 4.98 Å². The van der Waals surface area contributed by atoms with E-state index < -0.39 is 5.97 Å². The Labute approximate surface area is 120 Å². The van der Waals surface area contributed by atoms with Gasteiger partial charge in [-0.25, -0.2) is 9.78 Å². The smallest absolute Gasteiger partial charge is 0.365 e. The van der Waals surface area contributed by atoms with Crippen LogP contribution in [0.25, 0.3) is 22.4 Å². The lowest BCUT2D eigenvalue weighted by atomic mass is 10.0. The largest absolute Gasteiger partial charge is 0.476 e. The van der Waals surface area contributed by atoms with Crippen LogP contribution in [0.5, 0.6) is 0 Å². The molecule has 4 heteroatoms. The first-order valence-corrected chi connectivity index (χ1v) is 6.97. The molecule has 20 heavy (non-hydrogen) atoms. The number of carbonyl (C=O) groups is 1. The monoisotopic (exact) mass is 281 g/mol. The summed E-state index contributed by atoms with van der Waals surface area (Å²) in [4.78, 5) is 14.9. The van der Waals surface area contributed by atoms with Gasteiger partial charge in [0.05, 0.1) is 5.69 Å². The molecule has 0 spiro atoms. The summed E-state index contributed by atoms with van der Waals surface area (Å²) in [5.74, 6) is -0.984. The third-order valence-corrected chi connectivity index (χ3v) is 3.81. The molecular weight excluding hydrogens is 270 g/mol. The molecule has 0 radical (unpaired) electrons. The second-order valence-electron chi connectivity index (χ2n) is 4.29. The van der Waals surface area contributed by atoms with Crippen LogP contribution in [0.3, 0.4) is 0 Å². The molecular formula is C16H11NO2S. The Balaban J connectivity index is 1.91. The van der Waals surface area contributed by atoms with Crippen LogP contribution in [0, 0.1) is 0 Å². The molecule has 0 aliphatic carbocycles. The molecule has 0 atom stereocenters. The normalized spacial score (nSPS) is 10.4. The minimum Gasteiger partial charge on any atom is -0.476 e. The van der Waals surface area contributed by atoms with E-state index in [-0.39, 0.29) is 5.01 Å². The average Bonchev–Trinajstić information content (AvgIpc) is 2.98. The summed E-state index contributed by atoms with van der Waals surface area (Å²) in [5.41, 5.74) is 3.91. The van der Waals surface area contributed by atoms with Crippen molar-refractivity contribution in [1.29, 1.82) is 0 Å². The maximum atomic E-state index is 10.8. The zero-order chi connectivity index (χ0) is 13.9. The van der Waals surface area contributed by atoms with Gasteiger partial charge in [-0.3, -0.25) is 0 Å². The van der Waals surface area contributed by atoms with Gasteiger partial charge in [0.1, 0.15) is 0 Å². The van der Waals surface area contributed by atoms with Crippen molar-refractivity contribution >= 4 is 17.3 Å². The maximum absolute atomic E-state index is 10.8. The fourth-order valence-electron chi connectivity index (χ4n) is 1.97. The number of thiazole rings is 1. The van der Waals surface area contributed by atoms with Gasteiger partial charge < -0.3 is 5.11 Å². The molecule has 0 unspecified atom stereocenters. The average molecular weight is 281 g/mol. The van der Waals surface area contributed by atoms with E-state index in [4.69, 9.17) is 5.11 Å². The van der Waals surface area contributed by atoms with Gasteiger partial charge in [0, 0.05) is 10.9 Å². The third-order valence-electron chi connectivity index (χ3n) is 2.97. The van der Waals surface area contributed by atoms with Gasteiger partial charge in [-0.1, -0.05) is 54.6 Å². The molecule has 2 aromatic carbocycles. The van der Waals surface area contributed by atoms with Crippen LogP contribution in [-0.4, -0.2) is 16.1 Å². The summed E-state index contributed by atoms with van der Waals surface area (Å²) in [7, 11) is 0. The number of hydrogen-bond acceptors (Lipinski definition) is 3. The Morgan fingerprint density at radius 3 is 2.10 bits per heavy atom. The molecule has 3 aromatic rings. The van der Waals surface area contributed by atoms with Crippen LogP contribution in [-0.2, 0) is 0 Å². The lowest BCUT2D eigenvalue weighted by molar-refractivity contribution is 0.0696. The highest BCUT2D eigenvalue weighted by Crippen LogP contribution is 2.25. The SMILES string of the molecule is O=C(O)c1nc(-c2ccc(-c3ccccc3)cc2)cs1. The molecule has 0 fully saturated rings. The standard InChI is InChI=1S/C16H11NO2S/c18-16(19)15-17-14(10-20-15)13-8-6-12(7-9-13)11-4-2-1-3-5-11/h1-10H,(H,18,19). The molecule has 3 rings (SSSR count). The van der Waals surface area contributed by atoms with E-state index in [1.165, 1.54) is 0 Å². The van der Waals surface area contributed by atoms with Crippen LogP contribution < -0.4 is 0 Å². The van der Waals surface area contributed by atoms with Gasteiger partial charge in [-0.05, 0) is 11.1 Å². The highest BCUT2D eigenvalue weighted by molar-refractivity contribution is 7.11. The molecule has 98 valence electrons. The molecule has 1 N–H and O–H groups in total. The van der Waals surface area contributed by atoms with Gasteiger partial charge in [0.2, 0.25) is 5.01 Å². The van der Waals surface area contributed by atoms with Gasteiger partial charge in [0.25, 0.3) is 0 Å². The summed E-state index contributed by atoms with van der Waals surface area (Å²) >= 11 is 1.14. The van der Waals surface area contributed by atoms with E-state index in [9.17, 15) is 4.79 Å². The van der Waals surface area contributed by atoms with E-state index in [0.29, 0.717) is 5.69 Å². The lowest BCUT2D eigenvalue weighted by Crippen LogP contribution is -1.94. The number of carboxylic acid groups (broad SMARTS) is 1. The van der Waals surface area contributed by atoms with Crippen LogP contribution in [0.15, 0.2) is 60.0 Å². The van der Waals surface area contributed by atoms with Crippen molar-refractivity contribution in [3.8, 4) is 22.4 Å². The highest BCUT2D eigenvalue weighted by atomic mass is 32.1. The molecule has 0 saturated heterocycles. The number of rotatable bonds is 3. The first-order valence-electron chi connectivity index (χ1n) is 6.09. The van der Waals surface area contributed by atoms with Crippen LogP contribution in [0.2, 0.25) is 0 Å². The predicted octanol–water partition coefficient (Wildman–Crippen LogP) is 4.18. The molecule has 3 nitrogen and oxygen atoms in total. The van der Waals surface area contributed by atoms with Gasteiger partial charge in [-0.2, -0.15) is 0 Å². The number of aromatic nitrogens is 1. The number of hydrogen-bond donors (Lipinski definition) is 1. The third kappa shape index (κ3) is 2.46. The summed E-state index contributed by atoms with van der Waals surface area (Å²) in [6.07, 6.45) is 0. The van der Waals surface area contributed by atoms with Crippen LogP contribution in [0.4, 0.5) is 0 Å². The molecule has 0 aliphatic rings. The minimum absolute atomic E-state index is 0.118. The van der Waals surface area contributed by atoms with Gasteiger partial charge in [0.15, 0.2) is 0 Å². The Morgan fingerprint density at radius 2 is 1.50 bits per heavy atom. The van der Waals surface area contributed by atoms with Crippen LogP contribution >= 0.6 is 11.3 Å². The quantitative estimate of drug-likeness (QED) is 0.783. The zero-order valence-electron chi connectivity index (χ0n) is 10.5. The van der Waals surface area contributed by atoms with Crippen molar-refractivity contribution in [3.05, 3.63) is 65.0 Å². The molecule has 0 amide bonds. The second-order valence-corrected chi connectivity index (χ2v) is 5.14. The van der Waals surface area contributed by atoms with E-state index in [1.807, 2.05) is 42.5 Å². The van der Waals surface area contributed by atoms with Gasteiger partial charge in [-0.15, -0.1) is 11.3 Å². The van der Waals surface area contributed by atoms with E-state index in [2.05, 4.69) is 17.1 Å². The highest BCUT2D eigenvalue weighted by Gasteiger charge is 2.10. The first-order chi connectivity index (χ1) is 9.74. The summed E-state index contributed by atoms with van der Waals surface area (Å²) < 4.78 is 0. The van der Waals surface area contributed by atoms with Crippen molar-refractivity contribution in [2.45, 2.75) is 0 Å². The fraction of sp³-hybridized carbons (Fsp3) is 0. The fourth-order valence-corrected chi connectivity index (χ4v) is 2.63. The summed E-state index contributed by atoms with van der Waals surface area (Å²) in [5, 5.41) is 10.8. The van der Waals surface area contributed by atoms with E-state index in [1.54, 1.807) is 5.38 Å². The van der Waals surface area contributed by atoms with Crippen molar-refractivity contribution in [3.63, 3.8) is 0 Å². The Kier molecular flexibility index (Phi) is 3.31. The van der Waals surface area contributed by atoms with Gasteiger partial charge >= 0.3 is 5.97 Å².